The highest BCUT2D eigenvalue weighted by Crippen LogP contribution is 2.35. The van der Waals surface area contributed by atoms with Crippen molar-refractivity contribution in [1.29, 1.82) is 0 Å². The number of rotatable bonds is 8. The number of carbonyl (C=O) groups is 2. The van der Waals surface area contributed by atoms with Crippen LogP contribution in [0.1, 0.15) is 35.8 Å². The fourth-order valence-electron chi connectivity index (χ4n) is 5.07. The number of primary amides is 1. The Morgan fingerprint density at radius 3 is 2.35 bits per heavy atom. The van der Waals surface area contributed by atoms with E-state index in [2.05, 4.69) is 15.4 Å². The maximum Gasteiger partial charge on any atom is 0.274 e. The van der Waals surface area contributed by atoms with Crippen molar-refractivity contribution in [3.63, 3.8) is 0 Å². The molecule has 2 aromatic carbocycles. The van der Waals surface area contributed by atoms with Gasteiger partial charge in [0.2, 0.25) is 5.91 Å². The minimum absolute atomic E-state index is 0.223. The number of likely N-dealkylation sites (N-methyl/N-ethyl adjacent to an activating group) is 1. The van der Waals surface area contributed by atoms with Crippen LogP contribution in [0.15, 0.2) is 55.1 Å². The predicted octanol–water partition coefficient (Wildman–Crippen LogP) is 4.21. The first kappa shape index (κ1) is 28.1. The van der Waals surface area contributed by atoms with Crippen LogP contribution < -0.4 is 11.1 Å². The number of nitrogens with two attached hydrogens (primary N) is 1. The number of aromatic nitrogens is 5. The van der Waals surface area contributed by atoms with Gasteiger partial charge in [-0.15, -0.1) is 0 Å². The van der Waals surface area contributed by atoms with Crippen molar-refractivity contribution in [2.75, 3.05) is 19.6 Å². The number of amides is 2. The predicted molar refractivity (Wildman–Crippen MR) is 154 cm³/mol. The Morgan fingerprint density at radius 1 is 1.05 bits per heavy atom. The van der Waals surface area contributed by atoms with E-state index in [1.165, 1.54) is 6.33 Å². The summed E-state index contributed by atoms with van der Waals surface area (Å²) in [5.74, 6) is -0.691. The number of hydrogen-bond acceptors (Lipinski definition) is 6. The van der Waals surface area contributed by atoms with E-state index < -0.39 is 11.4 Å². The third-order valence-corrected chi connectivity index (χ3v) is 7.91. The van der Waals surface area contributed by atoms with Gasteiger partial charge >= 0.3 is 0 Å². The molecule has 0 atom stereocenters. The molecule has 1 aliphatic rings. The summed E-state index contributed by atoms with van der Waals surface area (Å²) < 4.78 is 3.28. The van der Waals surface area contributed by atoms with Crippen LogP contribution in [-0.2, 0) is 11.3 Å². The average molecular weight is 602 g/mol. The molecular formula is C27H27Cl3N8O2. The molecule has 0 radical (unpaired) electrons. The molecular weight excluding hydrogens is 575 g/mol. The molecule has 208 valence electrons. The van der Waals surface area contributed by atoms with Crippen molar-refractivity contribution in [1.82, 2.24) is 34.8 Å². The van der Waals surface area contributed by atoms with E-state index in [0.717, 1.165) is 5.56 Å². The number of nitrogens with zero attached hydrogens (tertiary/aromatic N) is 6. The lowest BCUT2D eigenvalue weighted by Crippen LogP contribution is -2.61. The first-order valence-electron chi connectivity index (χ1n) is 12.7. The fourth-order valence-corrected chi connectivity index (χ4v) is 5.68. The first-order valence-corrected chi connectivity index (χ1v) is 13.9. The third kappa shape index (κ3) is 5.44. The van der Waals surface area contributed by atoms with Gasteiger partial charge < -0.3 is 16.0 Å². The summed E-state index contributed by atoms with van der Waals surface area (Å²) in [4.78, 5) is 32.1. The Hall–Kier alpha value is -3.44. The monoisotopic (exact) mass is 600 g/mol. The largest absolute Gasteiger partial charge is 0.368 e. The van der Waals surface area contributed by atoms with Crippen LogP contribution in [0.25, 0.3) is 16.9 Å². The van der Waals surface area contributed by atoms with E-state index in [1.807, 2.05) is 19.1 Å². The highest BCUT2D eigenvalue weighted by Gasteiger charge is 2.41. The molecule has 1 saturated heterocycles. The van der Waals surface area contributed by atoms with Crippen molar-refractivity contribution in [2.45, 2.75) is 31.8 Å². The minimum Gasteiger partial charge on any atom is -0.368 e. The van der Waals surface area contributed by atoms with Crippen LogP contribution >= 0.6 is 34.8 Å². The molecule has 3 N–H and O–H groups in total. The zero-order valence-electron chi connectivity index (χ0n) is 21.6. The number of likely N-dealkylation sites (tertiary alicyclic amines) is 1. The van der Waals surface area contributed by atoms with E-state index in [-0.39, 0.29) is 18.1 Å². The van der Waals surface area contributed by atoms with E-state index in [9.17, 15) is 9.59 Å². The molecule has 40 heavy (non-hydrogen) atoms. The molecule has 1 fully saturated rings. The van der Waals surface area contributed by atoms with E-state index in [0.29, 0.717) is 64.5 Å². The highest BCUT2D eigenvalue weighted by atomic mass is 35.5. The molecule has 0 bridgehead atoms. The number of halogens is 3. The second-order valence-electron chi connectivity index (χ2n) is 9.55. The number of carbonyl (C=O) groups excluding carboxylic acids is 2. The van der Waals surface area contributed by atoms with Gasteiger partial charge in [0.1, 0.15) is 18.2 Å². The number of piperidine rings is 1. The van der Waals surface area contributed by atoms with Crippen molar-refractivity contribution in [3.05, 3.63) is 81.4 Å². The number of nitrogens with one attached hydrogen (secondary N) is 1. The molecule has 2 amide bonds. The van der Waals surface area contributed by atoms with Gasteiger partial charge in [-0.3, -0.25) is 9.59 Å². The van der Waals surface area contributed by atoms with Crippen molar-refractivity contribution >= 4 is 46.6 Å². The van der Waals surface area contributed by atoms with Gasteiger partial charge in [0.15, 0.2) is 5.69 Å². The Bertz CT molecular complexity index is 1530. The smallest absolute Gasteiger partial charge is 0.274 e. The first-order chi connectivity index (χ1) is 19.2. The molecule has 0 unspecified atom stereocenters. The SMILES string of the molecule is CCNC1(C(N)=O)CCN(C(=O)c2nn(-c3ccc(Cl)cc3Cl)c(-c3ccc(Cl)cc3)c2Cn2cncn2)CC1. The normalized spacial score (nSPS) is 14.8. The number of benzene rings is 2. The van der Waals surface area contributed by atoms with Gasteiger partial charge in [-0.1, -0.05) is 53.9 Å². The Labute approximate surface area is 246 Å². The van der Waals surface area contributed by atoms with Gasteiger partial charge in [0.25, 0.3) is 5.91 Å². The van der Waals surface area contributed by atoms with Gasteiger partial charge in [-0.25, -0.2) is 14.3 Å². The molecule has 0 spiro atoms. The van der Waals surface area contributed by atoms with Crippen LogP contribution in [0.5, 0.6) is 0 Å². The summed E-state index contributed by atoms with van der Waals surface area (Å²) in [6.45, 7) is 3.41. The molecule has 2 aromatic heterocycles. The zero-order chi connectivity index (χ0) is 28.4. The summed E-state index contributed by atoms with van der Waals surface area (Å²) in [7, 11) is 0. The summed E-state index contributed by atoms with van der Waals surface area (Å²) >= 11 is 19.0. The van der Waals surface area contributed by atoms with E-state index >= 15 is 0 Å². The van der Waals surface area contributed by atoms with Crippen LogP contribution in [0, 0.1) is 0 Å². The lowest BCUT2D eigenvalue weighted by Gasteiger charge is -2.40. The molecule has 4 aromatic rings. The highest BCUT2D eigenvalue weighted by molar-refractivity contribution is 6.35. The number of hydrogen-bond donors (Lipinski definition) is 2. The molecule has 10 nitrogen and oxygen atoms in total. The average Bonchev–Trinajstić information content (AvgIpc) is 3.58. The fraction of sp³-hybridized carbons (Fsp3) is 0.296. The second kappa shape index (κ2) is 11.6. The van der Waals surface area contributed by atoms with Gasteiger partial charge in [-0.2, -0.15) is 10.2 Å². The Kier molecular flexibility index (Phi) is 8.14. The minimum atomic E-state index is -0.847. The topological polar surface area (TPSA) is 124 Å². The van der Waals surface area contributed by atoms with Crippen molar-refractivity contribution < 1.29 is 9.59 Å². The molecule has 3 heterocycles. The summed E-state index contributed by atoms with van der Waals surface area (Å²) in [5.41, 5.74) is 7.73. The molecule has 5 rings (SSSR count). The summed E-state index contributed by atoms with van der Waals surface area (Å²) in [6, 6.07) is 12.3. The van der Waals surface area contributed by atoms with E-state index in [1.54, 1.807) is 50.9 Å². The van der Waals surface area contributed by atoms with Crippen molar-refractivity contribution in [2.24, 2.45) is 5.73 Å². The maximum absolute atomic E-state index is 14.1. The van der Waals surface area contributed by atoms with Gasteiger partial charge in [0, 0.05) is 34.3 Å². The Morgan fingerprint density at radius 2 is 1.75 bits per heavy atom. The van der Waals surface area contributed by atoms with Gasteiger partial charge in [-0.05, 0) is 49.7 Å². The van der Waals surface area contributed by atoms with Crippen LogP contribution in [0.2, 0.25) is 15.1 Å². The van der Waals surface area contributed by atoms with E-state index in [4.69, 9.17) is 45.6 Å². The quantitative estimate of drug-likeness (QED) is 0.312. The summed E-state index contributed by atoms with van der Waals surface area (Å²) in [6.07, 6.45) is 3.80. The van der Waals surface area contributed by atoms with Crippen LogP contribution in [0.4, 0.5) is 0 Å². The second-order valence-corrected chi connectivity index (χ2v) is 10.8. The third-order valence-electron chi connectivity index (χ3n) is 7.12. The lowest BCUT2D eigenvalue weighted by atomic mass is 9.86. The molecule has 0 aliphatic carbocycles. The van der Waals surface area contributed by atoms with Gasteiger partial charge in [0.05, 0.1) is 22.9 Å². The van der Waals surface area contributed by atoms with Crippen molar-refractivity contribution in [3.8, 4) is 16.9 Å². The standard InChI is InChI=1S/C27H27Cl3N8O2/c1-2-33-27(26(31)40)9-11-36(12-10-27)25(39)23-20(14-37-16-32-15-34-37)24(17-3-5-18(28)6-4-17)38(35-23)22-8-7-19(29)13-21(22)30/h3-8,13,15-16,33H,2,9-12,14H2,1H3,(H2,31,40). The van der Waals surface area contributed by atoms with Crippen LogP contribution in [0.3, 0.4) is 0 Å². The molecule has 1 aliphatic heterocycles. The lowest BCUT2D eigenvalue weighted by molar-refractivity contribution is -0.126. The zero-order valence-corrected chi connectivity index (χ0v) is 23.9. The summed E-state index contributed by atoms with van der Waals surface area (Å²) in [5, 5.41) is 13.7. The molecule has 13 heteroatoms. The Balaban J connectivity index is 1.64. The maximum atomic E-state index is 14.1. The molecule has 0 saturated carbocycles. The van der Waals surface area contributed by atoms with Crippen LogP contribution in [-0.4, -0.2) is 66.4 Å².